The molecule has 2 aromatic carbocycles. The summed E-state index contributed by atoms with van der Waals surface area (Å²) >= 11 is 5.97. The highest BCUT2D eigenvalue weighted by Crippen LogP contribution is 2.25. The smallest absolute Gasteiger partial charge is 0.339 e. The van der Waals surface area contributed by atoms with Crippen molar-refractivity contribution in [1.82, 2.24) is 9.29 Å². The fourth-order valence-corrected chi connectivity index (χ4v) is 4.63. The van der Waals surface area contributed by atoms with Crippen LogP contribution in [-0.2, 0) is 30.8 Å². The van der Waals surface area contributed by atoms with Crippen LogP contribution >= 0.6 is 11.6 Å². The van der Waals surface area contributed by atoms with E-state index in [0.29, 0.717) is 16.3 Å². The predicted molar refractivity (Wildman–Crippen MR) is 127 cm³/mol. The first-order valence-electron chi connectivity index (χ1n) is 10.1. The minimum atomic E-state index is -4.13. The maximum absolute atomic E-state index is 13.4. The van der Waals surface area contributed by atoms with Crippen LogP contribution in [0, 0.1) is 6.92 Å². The van der Waals surface area contributed by atoms with E-state index in [4.69, 9.17) is 21.1 Å². The molecule has 3 aromatic rings. The third-order valence-corrected chi connectivity index (χ3v) is 7.10. The predicted octanol–water partition coefficient (Wildman–Crippen LogP) is 3.86. The van der Waals surface area contributed by atoms with E-state index in [1.54, 1.807) is 42.5 Å². The SMILES string of the molecule is COC(=O)CN(Cc1nc(-c2ccc(Cl)cc2)ccc1C(=O)OC)S(=O)(=O)c1ccc(C)cc1. The monoisotopic (exact) mass is 502 g/mol. The number of halogens is 1. The van der Waals surface area contributed by atoms with E-state index in [1.807, 2.05) is 6.92 Å². The fourth-order valence-electron chi connectivity index (χ4n) is 3.16. The summed E-state index contributed by atoms with van der Waals surface area (Å²) in [5.74, 6) is -1.44. The van der Waals surface area contributed by atoms with Gasteiger partial charge in [-0.05, 0) is 43.3 Å². The lowest BCUT2D eigenvalue weighted by Gasteiger charge is -2.22. The van der Waals surface area contributed by atoms with Crippen molar-refractivity contribution in [2.24, 2.45) is 0 Å². The second kappa shape index (κ2) is 10.8. The highest BCUT2D eigenvalue weighted by atomic mass is 35.5. The Morgan fingerprint density at radius 1 is 0.941 bits per heavy atom. The Hall–Kier alpha value is -3.27. The number of benzene rings is 2. The van der Waals surface area contributed by atoms with Gasteiger partial charge in [0.2, 0.25) is 10.0 Å². The van der Waals surface area contributed by atoms with Crippen molar-refractivity contribution >= 4 is 33.6 Å². The number of hydrogen-bond acceptors (Lipinski definition) is 7. The van der Waals surface area contributed by atoms with E-state index in [0.717, 1.165) is 17.0 Å². The molecule has 3 rings (SSSR count). The molecule has 0 saturated carbocycles. The van der Waals surface area contributed by atoms with Crippen molar-refractivity contribution in [1.29, 1.82) is 0 Å². The maximum atomic E-state index is 13.4. The summed E-state index contributed by atoms with van der Waals surface area (Å²) in [5, 5.41) is 0.545. The molecule has 0 aliphatic rings. The van der Waals surface area contributed by atoms with Crippen LogP contribution in [0.4, 0.5) is 0 Å². The Kier molecular flexibility index (Phi) is 8.03. The Balaban J connectivity index is 2.10. The van der Waals surface area contributed by atoms with Crippen LogP contribution in [-0.4, -0.2) is 50.4 Å². The lowest BCUT2D eigenvalue weighted by molar-refractivity contribution is -0.140. The summed E-state index contributed by atoms with van der Waals surface area (Å²) in [6.45, 7) is 0.898. The van der Waals surface area contributed by atoms with Gasteiger partial charge in [0.05, 0.1) is 42.6 Å². The van der Waals surface area contributed by atoms with E-state index < -0.39 is 28.5 Å². The molecule has 34 heavy (non-hydrogen) atoms. The van der Waals surface area contributed by atoms with Crippen molar-refractivity contribution in [3.63, 3.8) is 0 Å². The fraction of sp³-hybridized carbons (Fsp3) is 0.208. The minimum Gasteiger partial charge on any atom is -0.468 e. The molecule has 0 saturated heterocycles. The number of ether oxygens (including phenoxy) is 2. The lowest BCUT2D eigenvalue weighted by atomic mass is 10.1. The molecule has 1 aromatic heterocycles. The van der Waals surface area contributed by atoms with Gasteiger partial charge in [0.15, 0.2) is 0 Å². The van der Waals surface area contributed by atoms with Crippen molar-refractivity contribution < 1.29 is 27.5 Å². The first-order chi connectivity index (χ1) is 16.1. The first kappa shape index (κ1) is 25.4. The molecule has 10 heteroatoms. The molecule has 1 heterocycles. The largest absolute Gasteiger partial charge is 0.468 e. The van der Waals surface area contributed by atoms with Crippen LogP contribution in [0.15, 0.2) is 65.6 Å². The van der Waals surface area contributed by atoms with Crippen LogP contribution in [0.25, 0.3) is 11.3 Å². The van der Waals surface area contributed by atoms with Gasteiger partial charge in [-0.1, -0.05) is 41.4 Å². The van der Waals surface area contributed by atoms with Gasteiger partial charge < -0.3 is 9.47 Å². The van der Waals surface area contributed by atoms with Gasteiger partial charge in [-0.3, -0.25) is 9.78 Å². The van der Waals surface area contributed by atoms with Gasteiger partial charge in [0.1, 0.15) is 6.54 Å². The third kappa shape index (κ3) is 5.80. The number of carbonyl (C=O) groups is 2. The van der Waals surface area contributed by atoms with E-state index in [-0.39, 0.29) is 22.7 Å². The summed E-state index contributed by atoms with van der Waals surface area (Å²) in [5.41, 5.74) is 2.28. The number of nitrogens with zero attached hydrogens (tertiary/aromatic N) is 2. The van der Waals surface area contributed by atoms with E-state index in [1.165, 1.54) is 25.3 Å². The molecule has 0 spiro atoms. The summed E-state index contributed by atoms with van der Waals surface area (Å²) in [6.07, 6.45) is 0. The van der Waals surface area contributed by atoms with Crippen LogP contribution < -0.4 is 0 Å². The summed E-state index contributed by atoms with van der Waals surface area (Å²) in [6, 6.07) is 16.2. The van der Waals surface area contributed by atoms with Crippen LogP contribution in [0.2, 0.25) is 5.02 Å². The molecule has 0 atom stereocenters. The number of esters is 2. The number of sulfonamides is 1. The number of pyridine rings is 1. The maximum Gasteiger partial charge on any atom is 0.339 e. The average molecular weight is 503 g/mol. The van der Waals surface area contributed by atoms with Crippen LogP contribution in [0.5, 0.6) is 0 Å². The molecular formula is C24H23ClN2O6S. The summed E-state index contributed by atoms with van der Waals surface area (Å²) in [7, 11) is -1.75. The number of rotatable bonds is 8. The third-order valence-electron chi connectivity index (χ3n) is 5.04. The normalized spacial score (nSPS) is 11.3. The second-order valence-electron chi connectivity index (χ2n) is 7.35. The average Bonchev–Trinajstić information content (AvgIpc) is 2.83. The molecule has 0 fully saturated rings. The zero-order valence-electron chi connectivity index (χ0n) is 18.8. The summed E-state index contributed by atoms with van der Waals surface area (Å²) in [4.78, 5) is 29.0. The molecule has 8 nitrogen and oxygen atoms in total. The topological polar surface area (TPSA) is 103 Å². The molecule has 0 aliphatic carbocycles. The standard InChI is InChI=1S/C24H23ClN2O6S/c1-16-4-10-19(11-5-16)34(30,31)27(15-23(28)32-2)14-22-20(24(29)33-3)12-13-21(26-22)17-6-8-18(25)9-7-17/h4-13H,14-15H2,1-3H3. The Morgan fingerprint density at radius 3 is 2.18 bits per heavy atom. The van der Waals surface area contributed by atoms with Crippen molar-refractivity contribution in [2.45, 2.75) is 18.4 Å². The molecular weight excluding hydrogens is 480 g/mol. The zero-order chi connectivity index (χ0) is 24.9. The van der Waals surface area contributed by atoms with Gasteiger partial charge in [-0.2, -0.15) is 4.31 Å². The van der Waals surface area contributed by atoms with Crippen molar-refractivity contribution in [3.05, 3.63) is 82.5 Å². The highest BCUT2D eigenvalue weighted by Gasteiger charge is 2.29. The van der Waals surface area contributed by atoms with Gasteiger partial charge >= 0.3 is 11.9 Å². The van der Waals surface area contributed by atoms with E-state index in [2.05, 4.69) is 4.98 Å². The van der Waals surface area contributed by atoms with Gasteiger partial charge in [0.25, 0.3) is 0 Å². The Bertz CT molecular complexity index is 1290. The lowest BCUT2D eigenvalue weighted by Crippen LogP contribution is -2.36. The number of aryl methyl sites for hydroxylation is 1. The van der Waals surface area contributed by atoms with Gasteiger partial charge in [-0.15, -0.1) is 0 Å². The molecule has 0 N–H and O–H groups in total. The number of hydrogen-bond donors (Lipinski definition) is 0. The number of methoxy groups -OCH3 is 2. The molecule has 0 aliphatic heterocycles. The number of aromatic nitrogens is 1. The number of carbonyl (C=O) groups excluding carboxylic acids is 2. The Morgan fingerprint density at radius 2 is 1.59 bits per heavy atom. The van der Waals surface area contributed by atoms with Crippen molar-refractivity contribution in [2.75, 3.05) is 20.8 Å². The molecule has 0 unspecified atom stereocenters. The highest BCUT2D eigenvalue weighted by molar-refractivity contribution is 7.89. The first-order valence-corrected chi connectivity index (χ1v) is 12.0. The van der Waals surface area contributed by atoms with Crippen molar-refractivity contribution in [3.8, 4) is 11.3 Å². The zero-order valence-corrected chi connectivity index (χ0v) is 20.4. The van der Waals surface area contributed by atoms with Crippen LogP contribution in [0.1, 0.15) is 21.6 Å². The molecule has 178 valence electrons. The van der Waals surface area contributed by atoms with E-state index in [9.17, 15) is 18.0 Å². The van der Waals surface area contributed by atoms with E-state index >= 15 is 0 Å². The molecule has 0 radical (unpaired) electrons. The second-order valence-corrected chi connectivity index (χ2v) is 9.73. The van der Waals surface area contributed by atoms with Crippen LogP contribution in [0.3, 0.4) is 0 Å². The molecule has 0 bridgehead atoms. The summed E-state index contributed by atoms with van der Waals surface area (Å²) < 4.78 is 37.3. The van der Waals surface area contributed by atoms with Gasteiger partial charge in [0, 0.05) is 10.6 Å². The Labute approximate surface area is 203 Å². The molecule has 0 amide bonds. The minimum absolute atomic E-state index is 0.00419. The quantitative estimate of drug-likeness (QED) is 0.431. The van der Waals surface area contributed by atoms with Gasteiger partial charge in [-0.25, -0.2) is 13.2 Å².